The van der Waals surface area contributed by atoms with Gasteiger partial charge in [0, 0.05) is 61.2 Å². The van der Waals surface area contributed by atoms with Crippen molar-refractivity contribution < 1.29 is 4.79 Å². The van der Waals surface area contributed by atoms with Gasteiger partial charge in [0.2, 0.25) is 0 Å². The molecule has 166 valence electrons. The Labute approximate surface area is 187 Å². The van der Waals surface area contributed by atoms with Crippen LogP contribution < -0.4 is 10.9 Å². The van der Waals surface area contributed by atoms with E-state index in [1.165, 1.54) is 4.57 Å². The Bertz CT molecular complexity index is 1210. The van der Waals surface area contributed by atoms with E-state index < -0.39 is 0 Å². The number of pyridine rings is 2. The SMILES string of the molecule is Cc1cc(Nc2cnccn2)cc(C2CCCN(C(=O)c3c(C)cc(C)n(C)c3=O)C2)n1. The smallest absolute Gasteiger partial charge is 0.263 e. The van der Waals surface area contributed by atoms with Crippen molar-refractivity contribution in [3.63, 3.8) is 0 Å². The average Bonchev–Trinajstić information content (AvgIpc) is 2.78. The van der Waals surface area contributed by atoms with E-state index in [2.05, 4.69) is 15.3 Å². The summed E-state index contributed by atoms with van der Waals surface area (Å²) in [6, 6.07) is 5.86. The van der Waals surface area contributed by atoms with E-state index >= 15 is 0 Å². The summed E-state index contributed by atoms with van der Waals surface area (Å²) >= 11 is 0. The van der Waals surface area contributed by atoms with Crippen molar-refractivity contribution in [2.45, 2.75) is 39.5 Å². The van der Waals surface area contributed by atoms with E-state index in [1.54, 1.807) is 30.5 Å². The van der Waals surface area contributed by atoms with Crippen molar-refractivity contribution in [3.05, 3.63) is 75.4 Å². The van der Waals surface area contributed by atoms with Crippen LogP contribution in [0.15, 0.2) is 41.6 Å². The monoisotopic (exact) mass is 432 g/mol. The van der Waals surface area contributed by atoms with Crippen molar-refractivity contribution in [1.82, 2.24) is 24.4 Å². The molecule has 8 nitrogen and oxygen atoms in total. The van der Waals surface area contributed by atoms with Crippen LogP contribution in [0.2, 0.25) is 0 Å². The van der Waals surface area contributed by atoms with E-state index in [9.17, 15) is 9.59 Å². The number of likely N-dealkylation sites (tertiary alicyclic amines) is 1. The number of carbonyl (C=O) groups is 1. The summed E-state index contributed by atoms with van der Waals surface area (Å²) in [6.45, 7) is 6.83. The highest BCUT2D eigenvalue weighted by Gasteiger charge is 2.29. The van der Waals surface area contributed by atoms with Gasteiger partial charge < -0.3 is 14.8 Å². The number of amides is 1. The Balaban J connectivity index is 1.58. The molecule has 4 rings (SSSR count). The lowest BCUT2D eigenvalue weighted by molar-refractivity contribution is 0.0702. The molecular weight excluding hydrogens is 404 g/mol. The van der Waals surface area contributed by atoms with Gasteiger partial charge in [0.25, 0.3) is 11.5 Å². The molecule has 1 unspecified atom stereocenters. The number of carbonyl (C=O) groups excluding carboxylic acids is 1. The van der Waals surface area contributed by atoms with Crippen LogP contribution >= 0.6 is 0 Å². The summed E-state index contributed by atoms with van der Waals surface area (Å²) in [5, 5.41) is 3.27. The zero-order valence-corrected chi connectivity index (χ0v) is 18.9. The standard InChI is InChI=1S/C24H28N6O2/c1-15-10-17(3)29(4)23(31)22(15)24(32)30-9-5-6-18(14-30)20-12-19(11-16(2)27-20)28-21-13-25-7-8-26-21/h7-8,10-13,18H,5-6,9,14H2,1-4H3,(H,26,27,28). The molecule has 0 aliphatic carbocycles. The van der Waals surface area contributed by atoms with Crippen molar-refractivity contribution in [2.24, 2.45) is 7.05 Å². The second-order valence-corrected chi connectivity index (χ2v) is 8.44. The number of piperidine rings is 1. The van der Waals surface area contributed by atoms with Crippen LogP contribution in [0.3, 0.4) is 0 Å². The van der Waals surface area contributed by atoms with E-state index in [0.717, 1.165) is 41.2 Å². The highest BCUT2D eigenvalue weighted by molar-refractivity contribution is 5.95. The molecule has 8 heteroatoms. The lowest BCUT2D eigenvalue weighted by Crippen LogP contribution is -2.42. The second-order valence-electron chi connectivity index (χ2n) is 8.44. The maximum Gasteiger partial charge on any atom is 0.263 e. The number of anilines is 2. The molecule has 1 aliphatic rings. The third-order valence-electron chi connectivity index (χ3n) is 6.02. The Morgan fingerprint density at radius 2 is 1.97 bits per heavy atom. The minimum Gasteiger partial charge on any atom is -0.339 e. The topological polar surface area (TPSA) is 93.0 Å². The fraction of sp³-hybridized carbons (Fsp3) is 0.375. The minimum atomic E-state index is -0.237. The molecular formula is C24H28N6O2. The molecule has 3 aromatic heterocycles. The fourth-order valence-corrected chi connectivity index (χ4v) is 4.29. The first-order chi connectivity index (χ1) is 15.3. The molecule has 0 saturated carbocycles. The van der Waals surface area contributed by atoms with Crippen molar-refractivity contribution in [1.29, 1.82) is 0 Å². The number of aryl methyl sites for hydroxylation is 3. The summed E-state index contributed by atoms with van der Waals surface area (Å²) in [6.07, 6.45) is 6.74. The third-order valence-corrected chi connectivity index (χ3v) is 6.02. The van der Waals surface area contributed by atoms with E-state index in [-0.39, 0.29) is 22.9 Å². The van der Waals surface area contributed by atoms with Gasteiger partial charge in [-0.2, -0.15) is 0 Å². The van der Waals surface area contributed by atoms with Crippen LogP contribution in [0.5, 0.6) is 0 Å². The molecule has 32 heavy (non-hydrogen) atoms. The summed E-state index contributed by atoms with van der Waals surface area (Å²) in [7, 11) is 1.70. The van der Waals surface area contributed by atoms with E-state index in [1.807, 2.05) is 39.0 Å². The third kappa shape index (κ3) is 4.39. The Hall–Kier alpha value is -3.55. The molecule has 1 amide bonds. The highest BCUT2D eigenvalue weighted by atomic mass is 16.2. The Morgan fingerprint density at radius 1 is 1.16 bits per heavy atom. The molecule has 1 N–H and O–H groups in total. The van der Waals surface area contributed by atoms with Crippen LogP contribution in [0.4, 0.5) is 11.5 Å². The van der Waals surface area contributed by atoms with Gasteiger partial charge in [0.05, 0.1) is 6.20 Å². The quantitative estimate of drug-likeness (QED) is 0.680. The van der Waals surface area contributed by atoms with Crippen LogP contribution in [0.1, 0.15) is 51.8 Å². The number of hydrogen-bond acceptors (Lipinski definition) is 6. The van der Waals surface area contributed by atoms with Gasteiger partial charge in [-0.15, -0.1) is 0 Å². The van der Waals surface area contributed by atoms with Crippen molar-refractivity contribution >= 4 is 17.4 Å². The van der Waals surface area contributed by atoms with Gasteiger partial charge in [-0.3, -0.25) is 19.6 Å². The summed E-state index contributed by atoms with van der Waals surface area (Å²) in [5.41, 5.74) is 4.30. The summed E-state index contributed by atoms with van der Waals surface area (Å²) in [5.74, 6) is 0.568. The zero-order chi connectivity index (χ0) is 22.8. The zero-order valence-electron chi connectivity index (χ0n) is 18.9. The largest absolute Gasteiger partial charge is 0.339 e. The predicted octanol–water partition coefficient (Wildman–Crippen LogP) is 3.26. The maximum atomic E-state index is 13.3. The van der Waals surface area contributed by atoms with Gasteiger partial charge >= 0.3 is 0 Å². The molecule has 3 aromatic rings. The van der Waals surface area contributed by atoms with Gasteiger partial charge in [-0.25, -0.2) is 4.98 Å². The van der Waals surface area contributed by atoms with Gasteiger partial charge in [-0.05, 0) is 57.4 Å². The molecule has 0 radical (unpaired) electrons. The first kappa shape index (κ1) is 21.7. The molecule has 1 saturated heterocycles. The van der Waals surface area contributed by atoms with E-state index in [0.29, 0.717) is 18.9 Å². The maximum absolute atomic E-state index is 13.3. The van der Waals surface area contributed by atoms with Crippen LogP contribution in [0, 0.1) is 20.8 Å². The van der Waals surface area contributed by atoms with Crippen molar-refractivity contribution in [3.8, 4) is 0 Å². The summed E-state index contributed by atoms with van der Waals surface area (Å²) < 4.78 is 1.54. The second kappa shape index (κ2) is 8.90. The number of nitrogens with zero attached hydrogens (tertiary/aromatic N) is 5. The molecule has 0 aromatic carbocycles. The normalized spacial score (nSPS) is 16.1. The number of aromatic nitrogens is 4. The number of nitrogens with one attached hydrogen (secondary N) is 1. The van der Waals surface area contributed by atoms with Crippen LogP contribution in [0.25, 0.3) is 0 Å². The lowest BCUT2D eigenvalue weighted by Gasteiger charge is -2.33. The Kier molecular flexibility index (Phi) is 6.03. The van der Waals surface area contributed by atoms with Gasteiger partial charge in [0.1, 0.15) is 11.4 Å². The van der Waals surface area contributed by atoms with E-state index in [4.69, 9.17) is 4.98 Å². The first-order valence-corrected chi connectivity index (χ1v) is 10.8. The average molecular weight is 433 g/mol. The first-order valence-electron chi connectivity index (χ1n) is 10.8. The summed E-state index contributed by atoms with van der Waals surface area (Å²) in [4.78, 5) is 41.0. The number of hydrogen-bond donors (Lipinski definition) is 1. The van der Waals surface area contributed by atoms with Gasteiger partial charge in [-0.1, -0.05) is 0 Å². The minimum absolute atomic E-state index is 0.101. The number of rotatable bonds is 4. The Morgan fingerprint density at radius 3 is 2.72 bits per heavy atom. The van der Waals surface area contributed by atoms with Gasteiger partial charge in [0.15, 0.2) is 0 Å². The molecule has 1 aliphatic heterocycles. The predicted molar refractivity (Wildman–Crippen MR) is 123 cm³/mol. The van der Waals surface area contributed by atoms with Crippen LogP contribution in [-0.2, 0) is 7.05 Å². The fourth-order valence-electron chi connectivity index (χ4n) is 4.29. The highest BCUT2D eigenvalue weighted by Crippen LogP contribution is 2.29. The molecule has 0 bridgehead atoms. The molecule has 0 spiro atoms. The van der Waals surface area contributed by atoms with Crippen LogP contribution in [-0.4, -0.2) is 43.4 Å². The molecule has 1 atom stereocenters. The molecule has 1 fully saturated rings. The van der Waals surface area contributed by atoms with Crippen molar-refractivity contribution in [2.75, 3.05) is 18.4 Å². The molecule has 4 heterocycles. The lowest BCUT2D eigenvalue weighted by atomic mass is 9.93.